The van der Waals surface area contributed by atoms with Crippen molar-refractivity contribution in [1.29, 1.82) is 0 Å². The summed E-state index contributed by atoms with van der Waals surface area (Å²) in [4.78, 5) is 7.20. The smallest absolute Gasteiger partial charge is 0.0921 e. The monoisotopic (exact) mass is 271 g/mol. The number of aromatic amines is 1. The summed E-state index contributed by atoms with van der Waals surface area (Å²) in [6, 6.07) is 11.1. The third kappa shape index (κ3) is 4.82. The molecule has 1 aromatic carbocycles. The number of rotatable bonds is 6. The van der Waals surface area contributed by atoms with E-state index in [-0.39, 0.29) is 0 Å². The summed E-state index contributed by atoms with van der Waals surface area (Å²) in [7, 11) is 0. The zero-order valence-corrected chi connectivity index (χ0v) is 12.7. The molecule has 0 aliphatic carbocycles. The van der Waals surface area contributed by atoms with Crippen molar-refractivity contribution < 1.29 is 0 Å². The highest BCUT2D eigenvalue weighted by Crippen LogP contribution is 2.29. The Labute approximate surface area is 121 Å². The Morgan fingerprint density at radius 2 is 1.95 bits per heavy atom. The Bertz CT molecular complexity index is 483. The van der Waals surface area contributed by atoms with Crippen LogP contribution in [0.15, 0.2) is 42.9 Å². The van der Waals surface area contributed by atoms with Gasteiger partial charge in [-0.25, -0.2) is 4.98 Å². The van der Waals surface area contributed by atoms with E-state index in [1.54, 1.807) is 6.33 Å². The molecular weight excluding hydrogens is 246 g/mol. The van der Waals surface area contributed by atoms with Crippen LogP contribution in [-0.2, 0) is 6.42 Å². The Kier molecular flexibility index (Phi) is 4.96. The molecule has 3 nitrogen and oxygen atoms in total. The molecule has 2 rings (SSSR count). The molecule has 1 aromatic heterocycles. The summed E-state index contributed by atoms with van der Waals surface area (Å²) in [5.74, 6) is 0. The van der Waals surface area contributed by atoms with Gasteiger partial charge in [-0.3, -0.25) is 0 Å². The first kappa shape index (κ1) is 14.8. The van der Waals surface area contributed by atoms with E-state index in [2.05, 4.69) is 66.4 Å². The Morgan fingerprint density at radius 3 is 2.55 bits per heavy atom. The number of hydrogen-bond acceptors (Lipinski definition) is 2. The van der Waals surface area contributed by atoms with Gasteiger partial charge in [0.2, 0.25) is 0 Å². The van der Waals surface area contributed by atoms with Crippen LogP contribution < -0.4 is 5.32 Å². The second-order valence-corrected chi connectivity index (χ2v) is 6.51. The van der Waals surface area contributed by atoms with E-state index in [1.807, 2.05) is 6.20 Å². The van der Waals surface area contributed by atoms with Gasteiger partial charge in [0.25, 0.3) is 0 Å². The third-order valence-electron chi connectivity index (χ3n) is 3.36. The van der Waals surface area contributed by atoms with Crippen LogP contribution in [0.2, 0.25) is 0 Å². The second kappa shape index (κ2) is 6.71. The van der Waals surface area contributed by atoms with E-state index in [4.69, 9.17) is 0 Å². The lowest BCUT2D eigenvalue weighted by Crippen LogP contribution is -2.27. The van der Waals surface area contributed by atoms with E-state index in [0.29, 0.717) is 11.5 Å². The van der Waals surface area contributed by atoms with Crippen LogP contribution in [0.4, 0.5) is 0 Å². The molecule has 0 radical (unpaired) electrons. The highest BCUT2D eigenvalue weighted by atomic mass is 14.9. The predicted molar refractivity (Wildman–Crippen MR) is 83.5 cm³/mol. The molecule has 20 heavy (non-hydrogen) atoms. The lowest BCUT2D eigenvalue weighted by atomic mass is 9.85. The van der Waals surface area contributed by atoms with Crippen LogP contribution in [-0.4, -0.2) is 16.5 Å². The Hall–Kier alpha value is -1.61. The zero-order chi connectivity index (χ0) is 14.4. The van der Waals surface area contributed by atoms with Crippen LogP contribution in [0.1, 0.15) is 44.5 Å². The number of hydrogen-bond donors (Lipinski definition) is 2. The molecule has 2 aromatic rings. The van der Waals surface area contributed by atoms with Crippen molar-refractivity contribution in [3.05, 3.63) is 54.1 Å². The van der Waals surface area contributed by atoms with Gasteiger partial charge in [0.15, 0.2) is 0 Å². The van der Waals surface area contributed by atoms with Crippen molar-refractivity contribution >= 4 is 0 Å². The van der Waals surface area contributed by atoms with Crippen LogP contribution in [0.25, 0.3) is 0 Å². The van der Waals surface area contributed by atoms with E-state index in [9.17, 15) is 0 Å². The predicted octanol–water partition coefficient (Wildman–Crippen LogP) is 3.72. The highest BCUT2D eigenvalue weighted by molar-refractivity contribution is 5.19. The summed E-state index contributed by atoms with van der Waals surface area (Å²) >= 11 is 0. The molecule has 2 N–H and O–H groups in total. The van der Waals surface area contributed by atoms with E-state index in [0.717, 1.165) is 19.4 Å². The van der Waals surface area contributed by atoms with Crippen molar-refractivity contribution in [2.45, 2.75) is 39.7 Å². The normalized spacial score (nSPS) is 13.3. The minimum absolute atomic E-state index is 0.307. The van der Waals surface area contributed by atoms with Gasteiger partial charge in [-0.1, -0.05) is 51.1 Å². The van der Waals surface area contributed by atoms with Gasteiger partial charge < -0.3 is 10.3 Å². The van der Waals surface area contributed by atoms with Gasteiger partial charge in [-0.05, 0) is 17.4 Å². The van der Waals surface area contributed by atoms with Gasteiger partial charge in [0.05, 0.1) is 6.33 Å². The fourth-order valence-corrected chi connectivity index (χ4v) is 2.41. The largest absolute Gasteiger partial charge is 0.348 e. The molecule has 108 valence electrons. The van der Waals surface area contributed by atoms with Crippen LogP contribution in [0.3, 0.4) is 0 Å². The van der Waals surface area contributed by atoms with Crippen molar-refractivity contribution in [3.8, 4) is 0 Å². The molecule has 1 atom stereocenters. The van der Waals surface area contributed by atoms with Gasteiger partial charge >= 0.3 is 0 Å². The van der Waals surface area contributed by atoms with Crippen molar-refractivity contribution in [2.75, 3.05) is 6.54 Å². The summed E-state index contributed by atoms with van der Waals surface area (Å²) in [6.45, 7) is 7.83. The molecule has 0 bridgehead atoms. The fourth-order valence-electron chi connectivity index (χ4n) is 2.41. The third-order valence-corrected chi connectivity index (χ3v) is 3.36. The minimum Gasteiger partial charge on any atom is -0.348 e. The summed E-state index contributed by atoms with van der Waals surface area (Å²) in [6.07, 6.45) is 5.73. The molecule has 0 fully saturated rings. The summed E-state index contributed by atoms with van der Waals surface area (Å²) < 4.78 is 0. The second-order valence-electron chi connectivity index (χ2n) is 6.51. The molecule has 0 saturated heterocycles. The first-order valence-corrected chi connectivity index (χ1v) is 7.30. The topological polar surface area (TPSA) is 40.7 Å². The molecule has 0 spiro atoms. The maximum absolute atomic E-state index is 4.05. The van der Waals surface area contributed by atoms with Gasteiger partial charge in [0, 0.05) is 30.9 Å². The summed E-state index contributed by atoms with van der Waals surface area (Å²) in [5.41, 5.74) is 2.86. The van der Waals surface area contributed by atoms with E-state index >= 15 is 0 Å². The van der Waals surface area contributed by atoms with Crippen molar-refractivity contribution in [1.82, 2.24) is 15.3 Å². The van der Waals surface area contributed by atoms with Gasteiger partial charge in [-0.15, -0.1) is 0 Å². The molecule has 0 saturated carbocycles. The standard InChI is InChI=1S/C17H25N3/c1-17(2,3)11-16(14-7-5-4-6-8-14)19-10-9-15-12-18-13-20-15/h4-8,12-13,16,19H,9-11H2,1-3H3,(H,18,20). The fraction of sp³-hybridized carbons (Fsp3) is 0.471. The maximum Gasteiger partial charge on any atom is 0.0921 e. The van der Waals surface area contributed by atoms with E-state index < -0.39 is 0 Å². The minimum atomic E-state index is 0.307. The number of aromatic nitrogens is 2. The number of nitrogens with one attached hydrogen (secondary N) is 2. The summed E-state index contributed by atoms with van der Waals surface area (Å²) in [5, 5.41) is 3.68. The van der Waals surface area contributed by atoms with Gasteiger partial charge in [0.1, 0.15) is 0 Å². The first-order valence-electron chi connectivity index (χ1n) is 7.30. The highest BCUT2D eigenvalue weighted by Gasteiger charge is 2.19. The number of imidazole rings is 1. The Balaban J connectivity index is 1.96. The molecule has 0 amide bonds. The van der Waals surface area contributed by atoms with Crippen molar-refractivity contribution in [3.63, 3.8) is 0 Å². The zero-order valence-electron chi connectivity index (χ0n) is 12.7. The number of benzene rings is 1. The van der Waals surface area contributed by atoms with Crippen LogP contribution in [0.5, 0.6) is 0 Å². The SMILES string of the molecule is CC(C)(C)CC(NCCc1cnc[nH]1)c1ccccc1. The van der Waals surface area contributed by atoms with E-state index in [1.165, 1.54) is 11.3 Å². The van der Waals surface area contributed by atoms with Crippen LogP contribution in [0, 0.1) is 5.41 Å². The molecule has 3 heteroatoms. The van der Waals surface area contributed by atoms with Crippen molar-refractivity contribution in [2.24, 2.45) is 5.41 Å². The number of H-pyrrole nitrogens is 1. The molecular formula is C17H25N3. The molecule has 0 aliphatic rings. The molecule has 1 heterocycles. The van der Waals surface area contributed by atoms with Gasteiger partial charge in [-0.2, -0.15) is 0 Å². The molecule has 1 unspecified atom stereocenters. The Morgan fingerprint density at radius 1 is 1.20 bits per heavy atom. The lowest BCUT2D eigenvalue weighted by Gasteiger charge is -2.27. The lowest BCUT2D eigenvalue weighted by molar-refractivity contribution is 0.312. The maximum atomic E-state index is 4.05. The van der Waals surface area contributed by atoms with Crippen LogP contribution >= 0.6 is 0 Å². The average molecular weight is 271 g/mol. The molecule has 0 aliphatic heterocycles. The average Bonchev–Trinajstić information content (AvgIpc) is 2.90. The quantitative estimate of drug-likeness (QED) is 0.840. The number of nitrogens with zero attached hydrogens (tertiary/aromatic N) is 1. The first-order chi connectivity index (χ1) is 9.54.